The van der Waals surface area contributed by atoms with E-state index in [-0.39, 0.29) is 5.82 Å². The molecule has 1 aromatic heterocycles. The van der Waals surface area contributed by atoms with E-state index in [0.717, 1.165) is 5.56 Å². The van der Waals surface area contributed by atoms with Gasteiger partial charge in [-0.2, -0.15) is 0 Å². The zero-order valence-electron chi connectivity index (χ0n) is 9.57. The summed E-state index contributed by atoms with van der Waals surface area (Å²) < 4.78 is 18.5. The van der Waals surface area contributed by atoms with E-state index < -0.39 is 0 Å². The fraction of sp³-hybridized carbons (Fsp3) is 0.167. The Bertz CT molecular complexity index is 531. The van der Waals surface area contributed by atoms with Gasteiger partial charge in [0.25, 0.3) is 0 Å². The van der Waals surface area contributed by atoms with Crippen molar-refractivity contribution in [3.05, 3.63) is 42.0 Å². The van der Waals surface area contributed by atoms with Gasteiger partial charge in [-0.1, -0.05) is 6.07 Å². The highest BCUT2D eigenvalue weighted by Crippen LogP contribution is 2.25. The molecule has 1 N–H and O–H groups in total. The van der Waals surface area contributed by atoms with E-state index >= 15 is 0 Å². The van der Waals surface area contributed by atoms with Crippen LogP contribution in [0.15, 0.2) is 30.6 Å². The van der Waals surface area contributed by atoms with Crippen LogP contribution >= 0.6 is 0 Å². The van der Waals surface area contributed by atoms with Gasteiger partial charge in [0.05, 0.1) is 5.56 Å². The number of benzene rings is 1. The molecule has 1 heterocycles. The van der Waals surface area contributed by atoms with Gasteiger partial charge in [0.1, 0.15) is 23.7 Å². The molecule has 17 heavy (non-hydrogen) atoms. The van der Waals surface area contributed by atoms with E-state index in [9.17, 15) is 4.39 Å². The standard InChI is InChI=1S/C12H12FN3O/c1-8-11(14-2)15-7-16-12(8)17-10-5-3-4-9(13)6-10/h3-7H,1-2H3,(H,14,15,16). The van der Waals surface area contributed by atoms with Crippen LogP contribution in [-0.2, 0) is 0 Å². The number of ether oxygens (including phenoxy) is 1. The Hall–Kier alpha value is -2.17. The molecule has 2 aromatic rings. The Morgan fingerprint density at radius 2 is 2.12 bits per heavy atom. The van der Waals surface area contributed by atoms with Crippen molar-refractivity contribution < 1.29 is 9.13 Å². The number of hydrogen-bond donors (Lipinski definition) is 1. The third-order valence-corrected chi connectivity index (χ3v) is 2.29. The molecule has 0 amide bonds. The second-order valence-electron chi connectivity index (χ2n) is 3.46. The molecule has 88 valence electrons. The van der Waals surface area contributed by atoms with Crippen LogP contribution in [-0.4, -0.2) is 17.0 Å². The Morgan fingerprint density at radius 3 is 2.82 bits per heavy atom. The highest BCUT2D eigenvalue weighted by molar-refractivity contribution is 5.48. The molecule has 0 aliphatic rings. The van der Waals surface area contributed by atoms with Crippen LogP contribution in [0.5, 0.6) is 11.6 Å². The Morgan fingerprint density at radius 1 is 1.29 bits per heavy atom. The van der Waals surface area contributed by atoms with Crippen LogP contribution in [0.4, 0.5) is 10.2 Å². The van der Waals surface area contributed by atoms with Crippen molar-refractivity contribution in [1.82, 2.24) is 9.97 Å². The number of nitrogens with one attached hydrogen (secondary N) is 1. The number of rotatable bonds is 3. The predicted octanol–water partition coefficient (Wildman–Crippen LogP) is 2.76. The minimum atomic E-state index is -0.344. The fourth-order valence-electron chi connectivity index (χ4n) is 1.43. The second-order valence-corrected chi connectivity index (χ2v) is 3.46. The monoisotopic (exact) mass is 233 g/mol. The summed E-state index contributed by atoms with van der Waals surface area (Å²) in [5.41, 5.74) is 0.777. The van der Waals surface area contributed by atoms with Crippen molar-refractivity contribution in [3.63, 3.8) is 0 Å². The van der Waals surface area contributed by atoms with Crippen molar-refractivity contribution >= 4 is 5.82 Å². The van der Waals surface area contributed by atoms with E-state index in [0.29, 0.717) is 17.4 Å². The van der Waals surface area contributed by atoms with Crippen LogP contribution < -0.4 is 10.1 Å². The van der Waals surface area contributed by atoms with Crippen molar-refractivity contribution in [2.45, 2.75) is 6.92 Å². The van der Waals surface area contributed by atoms with Gasteiger partial charge in [-0.05, 0) is 19.1 Å². The van der Waals surface area contributed by atoms with Gasteiger partial charge in [-0.15, -0.1) is 0 Å². The quantitative estimate of drug-likeness (QED) is 0.885. The van der Waals surface area contributed by atoms with Gasteiger partial charge in [0.2, 0.25) is 5.88 Å². The van der Waals surface area contributed by atoms with Gasteiger partial charge < -0.3 is 10.1 Å². The first-order valence-corrected chi connectivity index (χ1v) is 5.13. The number of anilines is 1. The van der Waals surface area contributed by atoms with Crippen LogP contribution in [0, 0.1) is 12.7 Å². The average Bonchev–Trinajstić information content (AvgIpc) is 2.32. The number of hydrogen-bond acceptors (Lipinski definition) is 4. The minimum Gasteiger partial charge on any atom is -0.438 e. The van der Waals surface area contributed by atoms with Crippen molar-refractivity contribution in [2.75, 3.05) is 12.4 Å². The lowest BCUT2D eigenvalue weighted by Crippen LogP contribution is -1.99. The first-order valence-electron chi connectivity index (χ1n) is 5.13. The summed E-state index contributed by atoms with van der Waals surface area (Å²) in [5, 5.41) is 2.93. The summed E-state index contributed by atoms with van der Waals surface area (Å²) in [6.45, 7) is 1.83. The fourth-order valence-corrected chi connectivity index (χ4v) is 1.43. The van der Waals surface area contributed by atoms with Crippen LogP contribution in [0.25, 0.3) is 0 Å². The van der Waals surface area contributed by atoms with Crippen LogP contribution in [0.3, 0.4) is 0 Å². The molecule has 0 aliphatic carbocycles. The lowest BCUT2D eigenvalue weighted by molar-refractivity contribution is 0.453. The topological polar surface area (TPSA) is 47.0 Å². The highest BCUT2D eigenvalue weighted by atomic mass is 19.1. The maximum atomic E-state index is 13.0. The van der Waals surface area contributed by atoms with Crippen molar-refractivity contribution in [2.24, 2.45) is 0 Å². The molecule has 0 atom stereocenters. The first-order chi connectivity index (χ1) is 8.20. The lowest BCUT2D eigenvalue weighted by Gasteiger charge is -2.09. The van der Waals surface area contributed by atoms with Gasteiger partial charge in [-0.25, -0.2) is 14.4 Å². The normalized spacial score (nSPS) is 10.1. The van der Waals surface area contributed by atoms with E-state index in [1.165, 1.54) is 18.5 Å². The molecular formula is C12H12FN3O. The molecule has 0 saturated heterocycles. The summed E-state index contributed by atoms with van der Waals surface area (Å²) >= 11 is 0. The molecule has 0 bridgehead atoms. The Balaban J connectivity index is 2.30. The Labute approximate surface area is 98.5 Å². The summed E-state index contributed by atoms with van der Waals surface area (Å²) in [5.74, 6) is 1.17. The van der Waals surface area contributed by atoms with Gasteiger partial charge >= 0.3 is 0 Å². The van der Waals surface area contributed by atoms with Crippen LogP contribution in [0.1, 0.15) is 5.56 Å². The van der Waals surface area contributed by atoms with Gasteiger partial charge in [-0.3, -0.25) is 0 Å². The Kier molecular flexibility index (Phi) is 3.18. The molecule has 0 spiro atoms. The largest absolute Gasteiger partial charge is 0.438 e. The van der Waals surface area contributed by atoms with E-state index in [1.807, 2.05) is 6.92 Å². The maximum Gasteiger partial charge on any atom is 0.227 e. The maximum absolute atomic E-state index is 13.0. The molecule has 2 rings (SSSR count). The molecule has 5 heteroatoms. The molecule has 0 aliphatic heterocycles. The third kappa shape index (κ3) is 2.50. The molecule has 4 nitrogen and oxygen atoms in total. The SMILES string of the molecule is CNc1ncnc(Oc2cccc(F)c2)c1C. The summed E-state index contributed by atoms with van der Waals surface area (Å²) in [4.78, 5) is 8.06. The van der Waals surface area contributed by atoms with Gasteiger partial charge in [0.15, 0.2) is 0 Å². The van der Waals surface area contributed by atoms with Crippen LogP contribution in [0.2, 0.25) is 0 Å². The number of halogens is 1. The van der Waals surface area contributed by atoms with E-state index in [4.69, 9.17) is 4.74 Å². The molecule has 0 radical (unpaired) electrons. The second kappa shape index (κ2) is 4.78. The molecule has 1 aromatic carbocycles. The van der Waals surface area contributed by atoms with E-state index in [1.54, 1.807) is 19.2 Å². The molecule has 0 fully saturated rings. The smallest absolute Gasteiger partial charge is 0.227 e. The third-order valence-electron chi connectivity index (χ3n) is 2.29. The predicted molar refractivity (Wildman–Crippen MR) is 62.8 cm³/mol. The number of nitrogens with zero attached hydrogens (tertiary/aromatic N) is 2. The molecule has 0 saturated carbocycles. The van der Waals surface area contributed by atoms with Crippen molar-refractivity contribution in [1.29, 1.82) is 0 Å². The summed E-state index contributed by atoms with van der Waals surface area (Å²) in [7, 11) is 1.77. The highest BCUT2D eigenvalue weighted by Gasteiger charge is 2.08. The zero-order valence-corrected chi connectivity index (χ0v) is 9.57. The summed E-state index contributed by atoms with van der Waals surface area (Å²) in [6.07, 6.45) is 1.40. The number of aromatic nitrogens is 2. The van der Waals surface area contributed by atoms with Gasteiger partial charge in [0, 0.05) is 13.1 Å². The zero-order chi connectivity index (χ0) is 12.3. The average molecular weight is 233 g/mol. The summed E-state index contributed by atoms with van der Waals surface area (Å²) in [6, 6.07) is 5.92. The molecule has 0 unspecified atom stereocenters. The van der Waals surface area contributed by atoms with E-state index in [2.05, 4.69) is 15.3 Å². The minimum absolute atomic E-state index is 0.344. The molecular weight excluding hydrogens is 221 g/mol. The van der Waals surface area contributed by atoms with Crippen molar-refractivity contribution in [3.8, 4) is 11.6 Å². The first kappa shape index (κ1) is 11.3. The lowest BCUT2D eigenvalue weighted by atomic mass is 10.3.